The van der Waals surface area contributed by atoms with E-state index in [4.69, 9.17) is 4.74 Å². The summed E-state index contributed by atoms with van der Waals surface area (Å²) in [6.07, 6.45) is 0.305. The van der Waals surface area contributed by atoms with Crippen molar-refractivity contribution in [1.29, 1.82) is 0 Å². The van der Waals surface area contributed by atoms with Gasteiger partial charge in [0.05, 0.1) is 5.92 Å². The first-order valence-electron chi connectivity index (χ1n) is 8.97. The van der Waals surface area contributed by atoms with Crippen LogP contribution in [0.1, 0.15) is 24.5 Å². The van der Waals surface area contributed by atoms with Crippen LogP contribution in [0, 0.1) is 5.92 Å². The first kappa shape index (κ1) is 18.0. The SMILES string of the molecule is CCN1CC(C(=O)NCc2cccc(OCc3ccccc3)c2)CC1=O. The van der Waals surface area contributed by atoms with Gasteiger partial charge in [-0.15, -0.1) is 0 Å². The Morgan fingerprint density at radius 3 is 2.65 bits per heavy atom. The Morgan fingerprint density at radius 1 is 1.15 bits per heavy atom. The molecule has 1 unspecified atom stereocenters. The van der Waals surface area contributed by atoms with Gasteiger partial charge in [0.2, 0.25) is 11.8 Å². The molecule has 1 saturated heterocycles. The van der Waals surface area contributed by atoms with Crippen molar-refractivity contribution in [1.82, 2.24) is 10.2 Å². The van der Waals surface area contributed by atoms with E-state index in [1.165, 1.54) is 0 Å². The number of rotatable bonds is 7. The highest BCUT2D eigenvalue weighted by atomic mass is 16.5. The van der Waals surface area contributed by atoms with Gasteiger partial charge in [-0.2, -0.15) is 0 Å². The van der Waals surface area contributed by atoms with Crippen molar-refractivity contribution in [2.24, 2.45) is 5.92 Å². The molecule has 5 heteroatoms. The topological polar surface area (TPSA) is 58.6 Å². The Labute approximate surface area is 154 Å². The normalized spacial score (nSPS) is 16.6. The molecule has 1 N–H and O–H groups in total. The van der Waals surface area contributed by atoms with Gasteiger partial charge in [0, 0.05) is 26.1 Å². The average Bonchev–Trinajstić information content (AvgIpc) is 3.06. The molecule has 0 aliphatic carbocycles. The molecule has 3 rings (SSSR count). The van der Waals surface area contributed by atoms with Gasteiger partial charge < -0.3 is 15.0 Å². The van der Waals surface area contributed by atoms with Crippen molar-refractivity contribution in [3.63, 3.8) is 0 Å². The Balaban J connectivity index is 1.51. The summed E-state index contributed by atoms with van der Waals surface area (Å²) in [5.41, 5.74) is 2.08. The van der Waals surface area contributed by atoms with Crippen molar-refractivity contribution in [3.8, 4) is 5.75 Å². The number of amides is 2. The third-order valence-corrected chi connectivity index (χ3v) is 4.58. The van der Waals surface area contributed by atoms with Gasteiger partial charge in [-0.3, -0.25) is 9.59 Å². The van der Waals surface area contributed by atoms with Crippen LogP contribution in [0.15, 0.2) is 54.6 Å². The van der Waals surface area contributed by atoms with Gasteiger partial charge in [0.25, 0.3) is 0 Å². The van der Waals surface area contributed by atoms with Crippen molar-refractivity contribution in [3.05, 3.63) is 65.7 Å². The Kier molecular flexibility index (Phi) is 5.89. The maximum atomic E-state index is 12.3. The van der Waals surface area contributed by atoms with Crippen molar-refractivity contribution < 1.29 is 14.3 Å². The molecule has 136 valence electrons. The molecule has 1 atom stereocenters. The first-order valence-corrected chi connectivity index (χ1v) is 8.97. The van der Waals surface area contributed by atoms with E-state index in [1.54, 1.807) is 4.90 Å². The van der Waals surface area contributed by atoms with E-state index >= 15 is 0 Å². The number of carbonyl (C=O) groups excluding carboxylic acids is 2. The zero-order valence-electron chi connectivity index (χ0n) is 15.0. The van der Waals surface area contributed by atoms with Crippen LogP contribution in [0.3, 0.4) is 0 Å². The van der Waals surface area contributed by atoms with Crippen LogP contribution in [-0.4, -0.2) is 29.8 Å². The van der Waals surface area contributed by atoms with Gasteiger partial charge >= 0.3 is 0 Å². The molecule has 5 nitrogen and oxygen atoms in total. The van der Waals surface area contributed by atoms with Crippen LogP contribution in [0.2, 0.25) is 0 Å². The highest BCUT2D eigenvalue weighted by molar-refractivity contribution is 5.89. The monoisotopic (exact) mass is 352 g/mol. The molecule has 1 fully saturated rings. The Hall–Kier alpha value is -2.82. The van der Waals surface area contributed by atoms with Crippen LogP contribution in [-0.2, 0) is 22.7 Å². The lowest BCUT2D eigenvalue weighted by Gasteiger charge is -2.14. The fourth-order valence-corrected chi connectivity index (χ4v) is 3.07. The lowest BCUT2D eigenvalue weighted by Crippen LogP contribution is -2.32. The highest BCUT2D eigenvalue weighted by Gasteiger charge is 2.33. The summed E-state index contributed by atoms with van der Waals surface area (Å²) in [4.78, 5) is 25.8. The minimum absolute atomic E-state index is 0.0592. The van der Waals surface area contributed by atoms with Gasteiger partial charge in [-0.25, -0.2) is 0 Å². The molecule has 0 saturated carbocycles. The zero-order valence-corrected chi connectivity index (χ0v) is 15.0. The van der Waals surface area contributed by atoms with E-state index < -0.39 is 0 Å². The van der Waals surface area contributed by atoms with Crippen LogP contribution < -0.4 is 10.1 Å². The molecule has 1 aliphatic rings. The van der Waals surface area contributed by atoms with Crippen molar-refractivity contribution in [2.75, 3.05) is 13.1 Å². The summed E-state index contributed by atoms with van der Waals surface area (Å²) in [6.45, 7) is 4.04. The second-order valence-electron chi connectivity index (χ2n) is 6.47. The second-order valence-corrected chi connectivity index (χ2v) is 6.47. The van der Waals surface area contributed by atoms with E-state index in [0.717, 1.165) is 16.9 Å². The number of benzene rings is 2. The number of likely N-dealkylation sites (tertiary alicyclic amines) is 1. The third kappa shape index (κ3) is 4.63. The molecule has 26 heavy (non-hydrogen) atoms. The van der Waals surface area contributed by atoms with Gasteiger partial charge in [0.15, 0.2) is 0 Å². The number of carbonyl (C=O) groups is 2. The van der Waals surface area contributed by atoms with Crippen molar-refractivity contribution in [2.45, 2.75) is 26.5 Å². The van der Waals surface area contributed by atoms with E-state index in [2.05, 4.69) is 5.32 Å². The van der Waals surface area contributed by atoms with Crippen LogP contribution in [0.4, 0.5) is 0 Å². The summed E-state index contributed by atoms with van der Waals surface area (Å²) >= 11 is 0. The van der Waals surface area contributed by atoms with Gasteiger partial charge in [-0.05, 0) is 30.2 Å². The zero-order chi connectivity index (χ0) is 18.4. The van der Waals surface area contributed by atoms with Crippen LogP contribution in [0.25, 0.3) is 0 Å². The molecule has 0 aromatic heterocycles. The lowest BCUT2D eigenvalue weighted by molar-refractivity contribution is -0.128. The molecule has 2 amide bonds. The van der Waals surface area contributed by atoms with E-state index in [1.807, 2.05) is 61.5 Å². The summed E-state index contributed by atoms with van der Waals surface area (Å²) in [6, 6.07) is 17.7. The smallest absolute Gasteiger partial charge is 0.225 e. The summed E-state index contributed by atoms with van der Waals surface area (Å²) in [5.74, 6) is 0.516. The molecule has 0 spiro atoms. The van der Waals surface area contributed by atoms with Crippen LogP contribution in [0.5, 0.6) is 5.75 Å². The second kappa shape index (κ2) is 8.52. The predicted octanol–water partition coefficient (Wildman–Crippen LogP) is 2.75. The maximum absolute atomic E-state index is 12.3. The fourth-order valence-electron chi connectivity index (χ4n) is 3.07. The molecule has 0 radical (unpaired) electrons. The summed E-state index contributed by atoms with van der Waals surface area (Å²) in [7, 11) is 0. The standard InChI is InChI=1S/C21H24N2O3/c1-2-23-14-18(12-20(23)24)21(25)22-13-17-9-6-10-19(11-17)26-15-16-7-4-3-5-8-16/h3-11,18H,2,12-15H2,1H3,(H,22,25). The van der Waals surface area contributed by atoms with Gasteiger partial charge in [0.1, 0.15) is 12.4 Å². The Bertz CT molecular complexity index is 761. The van der Waals surface area contributed by atoms with Crippen LogP contribution >= 0.6 is 0 Å². The maximum Gasteiger partial charge on any atom is 0.225 e. The summed E-state index contributed by atoms with van der Waals surface area (Å²) in [5, 5.41) is 2.93. The van der Waals surface area contributed by atoms with E-state index in [0.29, 0.717) is 32.7 Å². The molecular formula is C21H24N2O3. The number of ether oxygens (including phenoxy) is 1. The minimum Gasteiger partial charge on any atom is -0.489 e. The fraction of sp³-hybridized carbons (Fsp3) is 0.333. The average molecular weight is 352 g/mol. The minimum atomic E-state index is -0.250. The quantitative estimate of drug-likeness (QED) is 0.834. The number of nitrogens with one attached hydrogen (secondary N) is 1. The molecule has 2 aromatic carbocycles. The van der Waals surface area contributed by atoms with E-state index in [-0.39, 0.29) is 17.7 Å². The molecule has 0 bridgehead atoms. The van der Waals surface area contributed by atoms with E-state index in [9.17, 15) is 9.59 Å². The number of hydrogen-bond acceptors (Lipinski definition) is 3. The lowest BCUT2D eigenvalue weighted by atomic mass is 10.1. The highest BCUT2D eigenvalue weighted by Crippen LogP contribution is 2.18. The summed E-state index contributed by atoms with van der Waals surface area (Å²) < 4.78 is 5.82. The predicted molar refractivity (Wildman–Crippen MR) is 99.4 cm³/mol. The number of hydrogen-bond donors (Lipinski definition) is 1. The third-order valence-electron chi connectivity index (χ3n) is 4.58. The molecule has 1 aliphatic heterocycles. The van der Waals surface area contributed by atoms with Crippen molar-refractivity contribution >= 4 is 11.8 Å². The Morgan fingerprint density at radius 2 is 1.92 bits per heavy atom. The molecule has 1 heterocycles. The van der Waals surface area contributed by atoms with Gasteiger partial charge in [-0.1, -0.05) is 42.5 Å². The largest absolute Gasteiger partial charge is 0.489 e. The first-order chi connectivity index (χ1) is 12.7. The number of nitrogens with zero attached hydrogens (tertiary/aromatic N) is 1. The molecule has 2 aromatic rings. The molecular weight excluding hydrogens is 328 g/mol.